The second-order valence-electron chi connectivity index (χ2n) is 6.27. The van der Waals surface area contributed by atoms with Crippen molar-refractivity contribution in [3.63, 3.8) is 0 Å². The van der Waals surface area contributed by atoms with Gasteiger partial charge >= 0.3 is 0 Å². The van der Waals surface area contributed by atoms with Gasteiger partial charge in [0.05, 0.1) is 6.10 Å². The lowest BCUT2D eigenvalue weighted by Gasteiger charge is -2.28. The summed E-state index contributed by atoms with van der Waals surface area (Å²) in [6.07, 6.45) is 4.09. The third kappa shape index (κ3) is 6.61. The minimum absolute atomic E-state index is 0.0898. The standard InChI is InChI=1S/C19H31NO3/c1-6-8-9-14-19(5,22-7-2)18(21)20-16-10-12-17(13-11-16)23-15(3)4/h10-13,15H,6-9,14H2,1-5H3,(H,20,21)/t19-/m0/s1. The Morgan fingerprint density at radius 1 is 1.17 bits per heavy atom. The van der Waals surface area contributed by atoms with Gasteiger partial charge in [-0.15, -0.1) is 0 Å². The molecule has 0 spiro atoms. The topological polar surface area (TPSA) is 47.6 Å². The molecule has 1 atom stereocenters. The molecule has 1 rings (SSSR count). The summed E-state index contributed by atoms with van der Waals surface area (Å²) >= 11 is 0. The fourth-order valence-electron chi connectivity index (χ4n) is 2.43. The summed E-state index contributed by atoms with van der Waals surface area (Å²) in [4.78, 5) is 12.6. The maximum atomic E-state index is 12.6. The monoisotopic (exact) mass is 321 g/mol. The highest BCUT2D eigenvalue weighted by Crippen LogP contribution is 2.23. The van der Waals surface area contributed by atoms with Crippen LogP contribution in [0.25, 0.3) is 0 Å². The van der Waals surface area contributed by atoms with Gasteiger partial charge in [0.25, 0.3) is 5.91 Å². The highest BCUT2D eigenvalue weighted by molar-refractivity contribution is 5.97. The van der Waals surface area contributed by atoms with Crippen LogP contribution in [0, 0.1) is 0 Å². The molecule has 0 radical (unpaired) electrons. The molecule has 0 aliphatic carbocycles. The van der Waals surface area contributed by atoms with Crippen molar-refractivity contribution in [3.05, 3.63) is 24.3 Å². The molecular weight excluding hydrogens is 290 g/mol. The van der Waals surface area contributed by atoms with Gasteiger partial charge < -0.3 is 14.8 Å². The first-order valence-corrected chi connectivity index (χ1v) is 8.63. The number of nitrogens with one attached hydrogen (secondary N) is 1. The molecule has 0 saturated heterocycles. The zero-order chi connectivity index (χ0) is 17.3. The van der Waals surface area contributed by atoms with Gasteiger partial charge in [0.2, 0.25) is 0 Å². The largest absolute Gasteiger partial charge is 0.491 e. The maximum absolute atomic E-state index is 12.6. The number of rotatable bonds is 10. The zero-order valence-corrected chi connectivity index (χ0v) is 15.1. The first-order chi connectivity index (χ1) is 10.9. The zero-order valence-electron chi connectivity index (χ0n) is 15.1. The van der Waals surface area contributed by atoms with Crippen molar-refractivity contribution in [1.82, 2.24) is 0 Å². The average molecular weight is 321 g/mol. The van der Waals surface area contributed by atoms with Crippen LogP contribution in [0.3, 0.4) is 0 Å². The van der Waals surface area contributed by atoms with Gasteiger partial charge in [-0.25, -0.2) is 0 Å². The Balaban J connectivity index is 2.69. The SMILES string of the molecule is CCCCC[C@](C)(OCC)C(=O)Nc1ccc(OC(C)C)cc1. The average Bonchev–Trinajstić information content (AvgIpc) is 2.49. The number of anilines is 1. The van der Waals surface area contributed by atoms with Crippen LogP contribution in [0.1, 0.15) is 60.3 Å². The van der Waals surface area contributed by atoms with E-state index in [1.807, 2.05) is 52.0 Å². The van der Waals surface area contributed by atoms with Gasteiger partial charge in [-0.3, -0.25) is 4.79 Å². The van der Waals surface area contributed by atoms with Crippen molar-refractivity contribution < 1.29 is 14.3 Å². The lowest BCUT2D eigenvalue weighted by Crippen LogP contribution is -2.42. The van der Waals surface area contributed by atoms with E-state index in [0.717, 1.165) is 37.1 Å². The molecule has 0 bridgehead atoms. The predicted octanol–water partition coefficient (Wildman–Crippen LogP) is 4.79. The van der Waals surface area contributed by atoms with Crippen LogP contribution in [-0.2, 0) is 9.53 Å². The second kappa shape index (κ2) is 9.56. The van der Waals surface area contributed by atoms with E-state index in [4.69, 9.17) is 9.47 Å². The molecule has 1 N–H and O–H groups in total. The smallest absolute Gasteiger partial charge is 0.256 e. The van der Waals surface area contributed by atoms with E-state index < -0.39 is 5.60 Å². The summed E-state index contributed by atoms with van der Waals surface area (Å²) in [5.41, 5.74) is -0.0238. The molecule has 0 saturated carbocycles. The Morgan fingerprint density at radius 3 is 2.35 bits per heavy atom. The Hall–Kier alpha value is -1.55. The molecule has 1 amide bonds. The van der Waals surface area contributed by atoms with Gasteiger partial charge in [-0.1, -0.05) is 26.2 Å². The van der Waals surface area contributed by atoms with Crippen molar-refractivity contribution in [2.24, 2.45) is 0 Å². The normalized spacial score (nSPS) is 13.7. The van der Waals surface area contributed by atoms with E-state index in [1.165, 1.54) is 0 Å². The van der Waals surface area contributed by atoms with Crippen LogP contribution in [0.4, 0.5) is 5.69 Å². The minimum atomic E-state index is -0.781. The Kier molecular flexibility index (Phi) is 8.10. The third-order valence-electron chi connectivity index (χ3n) is 3.68. The molecular formula is C19H31NO3. The second-order valence-corrected chi connectivity index (χ2v) is 6.27. The highest BCUT2D eigenvalue weighted by Gasteiger charge is 2.33. The maximum Gasteiger partial charge on any atom is 0.256 e. The van der Waals surface area contributed by atoms with Gasteiger partial charge in [-0.2, -0.15) is 0 Å². The van der Waals surface area contributed by atoms with Crippen molar-refractivity contribution in [3.8, 4) is 5.75 Å². The van der Waals surface area contributed by atoms with Crippen molar-refractivity contribution in [1.29, 1.82) is 0 Å². The first-order valence-electron chi connectivity index (χ1n) is 8.63. The lowest BCUT2D eigenvalue weighted by molar-refractivity contribution is -0.139. The molecule has 0 aliphatic heterocycles. The molecule has 1 aromatic carbocycles. The predicted molar refractivity (Wildman–Crippen MR) is 95.0 cm³/mol. The Labute approximate surface area is 140 Å². The summed E-state index contributed by atoms with van der Waals surface area (Å²) < 4.78 is 11.4. The summed E-state index contributed by atoms with van der Waals surface area (Å²) in [5.74, 6) is 0.710. The number of benzene rings is 1. The number of hydrogen-bond donors (Lipinski definition) is 1. The van der Waals surface area contributed by atoms with Gasteiger partial charge in [0.1, 0.15) is 11.4 Å². The molecule has 0 aliphatic rings. The lowest BCUT2D eigenvalue weighted by atomic mass is 9.96. The van der Waals surface area contributed by atoms with E-state index in [1.54, 1.807) is 0 Å². The Bertz CT molecular complexity index is 470. The molecule has 4 nitrogen and oxygen atoms in total. The van der Waals surface area contributed by atoms with Crippen LogP contribution in [-0.4, -0.2) is 24.2 Å². The molecule has 4 heteroatoms. The number of hydrogen-bond acceptors (Lipinski definition) is 3. The third-order valence-corrected chi connectivity index (χ3v) is 3.68. The highest BCUT2D eigenvalue weighted by atomic mass is 16.5. The number of unbranched alkanes of at least 4 members (excludes halogenated alkanes) is 2. The number of carbonyl (C=O) groups excluding carboxylic acids is 1. The van der Waals surface area contributed by atoms with Gasteiger partial charge in [-0.05, 0) is 58.4 Å². The van der Waals surface area contributed by atoms with Crippen molar-refractivity contribution >= 4 is 11.6 Å². The van der Waals surface area contributed by atoms with Crippen LogP contribution in [0.2, 0.25) is 0 Å². The fraction of sp³-hybridized carbons (Fsp3) is 0.632. The fourth-order valence-corrected chi connectivity index (χ4v) is 2.43. The molecule has 130 valence electrons. The Morgan fingerprint density at radius 2 is 1.83 bits per heavy atom. The number of carbonyl (C=O) groups is 1. The van der Waals surface area contributed by atoms with Gasteiger partial charge in [0.15, 0.2) is 0 Å². The molecule has 0 aromatic heterocycles. The number of ether oxygens (including phenoxy) is 2. The van der Waals surface area contributed by atoms with E-state index in [2.05, 4.69) is 12.2 Å². The minimum Gasteiger partial charge on any atom is -0.491 e. The van der Waals surface area contributed by atoms with Crippen molar-refractivity contribution in [2.45, 2.75) is 72.0 Å². The molecule has 0 unspecified atom stereocenters. The van der Waals surface area contributed by atoms with Crippen LogP contribution in [0.5, 0.6) is 5.75 Å². The summed E-state index contributed by atoms with van der Waals surface area (Å²) in [7, 11) is 0. The van der Waals surface area contributed by atoms with E-state index in [0.29, 0.717) is 6.61 Å². The summed E-state index contributed by atoms with van der Waals surface area (Å²) in [6.45, 7) is 10.4. The number of amides is 1. The van der Waals surface area contributed by atoms with Crippen LogP contribution < -0.4 is 10.1 Å². The first kappa shape index (κ1) is 19.5. The molecule has 0 heterocycles. The van der Waals surface area contributed by atoms with Crippen molar-refractivity contribution in [2.75, 3.05) is 11.9 Å². The molecule has 1 aromatic rings. The summed E-state index contributed by atoms with van der Waals surface area (Å²) in [6, 6.07) is 7.44. The van der Waals surface area contributed by atoms with E-state index in [9.17, 15) is 4.79 Å². The van der Waals surface area contributed by atoms with Crippen LogP contribution >= 0.6 is 0 Å². The van der Waals surface area contributed by atoms with E-state index >= 15 is 0 Å². The van der Waals surface area contributed by atoms with Gasteiger partial charge in [0, 0.05) is 12.3 Å². The quantitative estimate of drug-likeness (QED) is 0.630. The summed E-state index contributed by atoms with van der Waals surface area (Å²) in [5, 5.41) is 2.96. The van der Waals surface area contributed by atoms with E-state index in [-0.39, 0.29) is 12.0 Å². The van der Waals surface area contributed by atoms with Crippen LogP contribution in [0.15, 0.2) is 24.3 Å². The molecule has 0 fully saturated rings. The molecule has 23 heavy (non-hydrogen) atoms.